The van der Waals surface area contributed by atoms with Crippen LogP contribution in [0.3, 0.4) is 0 Å². The first kappa shape index (κ1) is 15.0. The average Bonchev–Trinajstić information content (AvgIpc) is 2.93. The van der Waals surface area contributed by atoms with E-state index in [0.29, 0.717) is 19.5 Å². The first-order chi connectivity index (χ1) is 10.2. The number of nitrogens with zero attached hydrogens (tertiary/aromatic N) is 3. The number of nitrogens with one attached hydrogen (secondary N) is 1. The fourth-order valence-corrected chi connectivity index (χ4v) is 1.92. The molecule has 7 nitrogen and oxygen atoms in total. The minimum atomic E-state index is -0.134. The zero-order valence-electron chi connectivity index (χ0n) is 12.0. The largest absolute Gasteiger partial charge is 0.496 e. The molecule has 21 heavy (non-hydrogen) atoms. The highest BCUT2D eigenvalue weighted by molar-refractivity contribution is 5.75. The molecule has 3 N–H and O–H groups in total. The number of carbonyl (C=O) groups excluding carboxylic acids is 1. The van der Waals surface area contributed by atoms with Crippen LogP contribution >= 0.6 is 0 Å². The van der Waals surface area contributed by atoms with Crippen LogP contribution in [0.4, 0.5) is 0 Å². The van der Waals surface area contributed by atoms with Gasteiger partial charge in [-0.1, -0.05) is 23.4 Å². The molecule has 0 radical (unpaired) electrons. The van der Waals surface area contributed by atoms with Gasteiger partial charge in [-0.15, -0.1) is 5.10 Å². The van der Waals surface area contributed by atoms with E-state index in [9.17, 15) is 4.79 Å². The van der Waals surface area contributed by atoms with Gasteiger partial charge >= 0.3 is 0 Å². The number of ether oxygens (including phenoxy) is 1. The zero-order chi connectivity index (χ0) is 15.1. The normalized spacial score (nSPS) is 10.4. The molecule has 1 heterocycles. The van der Waals surface area contributed by atoms with Gasteiger partial charge in [-0.25, -0.2) is 4.68 Å². The Hall–Kier alpha value is -2.41. The first-order valence-electron chi connectivity index (χ1n) is 6.70. The van der Waals surface area contributed by atoms with Crippen molar-refractivity contribution in [3.05, 3.63) is 41.7 Å². The van der Waals surface area contributed by atoms with Crippen molar-refractivity contribution in [2.24, 2.45) is 5.73 Å². The first-order valence-corrected chi connectivity index (χ1v) is 6.70. The third-order valence-electron chi connectivity index (χ3n) is 2.96. The van der Waals surface area contributed by atoms with Gasteiger partial charge in [0.15, 0.2) is 0 Å². The Labute approximate surface area is 123 Å². The minimum absolute atomic E-state index is 0.132. The topological polar surface area (TPSA) is 95.1 Å². The number of nitrogens with two attached hydrogens (primary N) is 1. The van der Waals surface area contributed by atoms with Crippen molar-refractivity contribution in [1.29, 1.82) is 0 Å². The summed E-state index contributed by atoms with van der Waals surface area (Å²) in [4.78, 5) is 11.9. The smallest absolute Gasteiger partial charge is 0.242 e. The Morgan fingerprint density at radius 1 is 1.43 bits per heavy atom. The van der Waals surface area contributed by atoms with Crippen LogP contribution in [0.15, 0.2) is 30.5 Å². The van der Waals surface area contributed by atoms with Gasteiger partial charge in [-0.2, -0.15) is 0 Å². The number of amides is 1. The Bertz CT molecular complexity index is 597. The van der Waals surface area contributed by atoms with E-state index in [0.717, 1.165) is 17.0 Å². The number of hydrogen-bond donors (Lipinski definition) is 2. The second kappa shape index (κ2) is 7.39. The SMILES string of the molecule is COc1ccccc1CNC(=O)Cn1cc(CCN)nn1. The van der Waals surface area contributed by atoms with Crippen LogP contribution in [-0.4, -0.2) is 34.6 Å². The number of methoxy groups -OCH3 is 1. The maximum Gasteiger partial charge on any atom is 0.242 e. The van der Waals surface area contributed by atoms with Crippen LogP contribution < -0.4 is 15.8 Å². The summed E-state index contributed by atoms with van der Waals surface area (Å²) < 4.78 is 6.74. The summed E-state index contributed by atoms with van der Waals surface area (Å²) in [5.74, 6) is 0.619. The molecule has 0 aliphatic carbocycles. The van der Waals surface area contributed by atoms with E-state index in [-0.39, 0.29) is 12.5 Å². The predicted octanol–water partition coefficient (Wildman–Crippen LogP) is 0.104. The van der Waals surface area contributed by atoms with Gasteiger partial charge in [0.05, 0.1) is 12.8 Å². The minimum Gasteiger partial charge on any atom is -0.496 e. The molecule has 0 unspecified atom stereocenters. The summed E-state index contributed by atoms with van der Waals surface area (Å²) in [6, 6.07) is 7.56. The molecule has 2 aromatic rings. The van der Waals surface area contributed by atoms with Crippen LogP contribution in [-0.2, 0) is 24.3 Å². The molecule has 0 spiro atoms. The number of rotatable bonds is 7. The quantitative estimate of drug-likeness (QED) is 0.754. The lowest BCUT2D eigenvalue weighted by molar-refractivity contribution is -0.122. The molecule has 0 aliphatic heterocycles. The third-order valence-corrected chi connectivity index (χ3v) is 2.96. The molecule has 0 aliphatic rings. The van der Waals surface area contributed by atoms with Gasteiger partial charge in [-0.05, 0) is 12.6 Å². The van der Waals surface area contributed by atoms with Gasteiger partial charge in [0.2, 0.25) is 5.91 Å². The average molecular weight is 289 g/mol. The van der Waals surface area contributed by atoms with Crippen molar-refractivity contribution in [2.75, 3.05) is 13.7 Å². The zero-order valence-corrected chi connectivity index (χ0v) is 12.0. The molecule has 0 atom stereocenters. The van der Waals surface area contributed by atoms with Crippen molar-refractivity contribution in [3.8, 4) is 5.75 Å². The lowest BCUT2D eigenvalue weighted by Crippen LogP contribution is -2.27. The summed E-state index contributed by atoms with van der Waals surface area (Å²) in [5.41, 5.74) is 7.16. The fraction of sp³-hybridized carbons (Fsp3) is 0.357. The van der Waals surface area contributed by atoms with E-state index in [1.807, 2.05) is 24.3 Å². The second-order valence-corrected chi connectivity index (χ2v) is 4.53. The van der Waals surface area contributed by atoms with E-state index >= 15 is 0 Å². The Balaban J connectivity index is 1.86. The van der Waals surface area contributed by atoms with E-state index in [1.165, 1.54) is 4.68 Å². The van der Waals surface area contributed by atoms with Gasteiger partial charge in [0.25, 0.3) is 0 Å². The monoisotopic (exact) mass is 289 g/mol. The van der Waals surface area contributed by atoms with Crippen molar-refractivity contribution >= 4 is 5.91 Å². The van der Waals surface area contributed by atoms with Crippen LogP contribution in [0.2, 0.25) is 0 Å². The highest BCUT2D eigenvalue weighted by atomic mass is 16.5. The maximum atomic E-state index is 11.9. The molecule has 1 aromatic carbocycles. The van der Waals surface area contributed by atoms with Crippen molar-refractivity contribution in [2.45, 2.75) is 19.5 Å². The van der Waals surface area contributed by atoms with E-state index in [4.69, 9.17) is 10.5 Å². The van der Waals surface area contributed by atoms with Crippen molar-refractivity contribution in [3.63, 3.8) is 0 Å². The Morgan fingerprint density at radius 2 is 2.24 bits per heavy atom. The van der Waals surface area contributed by atoms with Crippen LogP contribution in [0.25, 0.3) is 0 Å². The lowest BCUT2D eigenvalue weighted by atomic mass is 10.2. The number of aromatic nitrogens is 3. The lowest BCUT2D eigenvalue weighted by Gasteiger charge is -2.09. The van der Waals surface area contributed by atoms with Crippen LogP contribution in [0.1, 0.15) is 11.3 Å². The van der Waals surface area contributed by atoms with E-state index in [2.05, 4.69) is 15.6 Å². The van der Waals surface area contributed by atoms with Crippen molar-refractivity contribution in [1.82, 2.24) is 20.3 Å². The predicted molar refractivity (Wildman–Crippen MR) is 77.6 cm³/mol. The summed E-state index contributed by atoms with van der Waals surface area (Å²) in [6.45, 7) is 1.05. The maximum absolute atomic E-state index is 11.9. The molecular weight excluding hydrogens is 270 g/mol. The number of benzene rings is 1. The second-order valence-electron chi connectivity index (χ2n) is 4.53. The summed E-state index contributed by atoms with van der Waals surface area (Å²) in [7, 11) is 1.61. The van der Waals surface area contributed by atoms with E-state index in [1.54, 1.807) is 13.3 Å². The Morgan fingerprint density at radius 3 is 3.00 bits per heavy atom. The Kier molecular flexibility index (Phi) is 5.28. The summed E-state index contributed by atoms with van der Waals surface area (Å²) in [5, 5.41) is 10.7. The van der Waals surface area contributed by atoms with E-state index < -0.39 is 0 Å². The molecular formula is C14H19N5O2. The molecule has 0 saturated carbocycles. The van der Waals surface area contributed by atoms with Crippen molar-refractivity contribution < 1.29 is 9.53 Å². The highest BCUT2D eigenvalue weighted by Crippen LogP contribution is 2.16. The number of hydrogen-bond acceptors (Lipinski definition) is 5. The number of para-hydroxylation sites is 1. The van der Waals surface area contributed by atoms with Gasteiger partial charge in [0, 0.05) is 24.7 Å². The highest BCUT2D eigenvalue weighted by Gasteiger charge is 2.07. The summed E-state index contributed by atoms with van der Waals surface area (Å²) in [6.07, 6.45) is 2.39. The van der Waals surface area contributed by atoms with Gasteiger partial charge < -0.3 is 15.8 Å². The van der Waals surface area contributed by atoms with Gasteiger partial charge in [0.1, 0.15) is 12.3 Å². The number of carbonyl (C=O) groups is 1. The van der Waals surface area contributed by atoms with Crippen LogP contribution in [0.5, 0.6) is 5.75 Å². The molecule has 1 amide bonds. The molecule has 7 heteroatoms. The van der Waals surface area contributed by atoms with Crippen LogP contribution in [0, 0.1) is 0 Å². The molecule has 2 rings (SSSR count). The molecule has 112 valence electrons. The molecule has 0 saturated heterocycles. The molecule has 1 aromatic heterocycles. The standard InChI is InChI=1S/C14H19N5O2/c1-21-13-5-3-2-4-11(13)8-16-14(20)10-19-9-12(6-7-15)17-18-19/h2-5,9H,6-8,10,15H2,1H3,(H,16,20). The summed E-state index contributed by atoms with van der Waals surface area (Å²) >= 11 is 0. The van der Waals surface area contributed by atoms with Gasteiger partial charge in [-0.3, -0.25) is 4.79 Å². The fourth-order valence-electron chi connectivity index (χ4n) is 1.92. The molecule has 0 bridgehead atoms. The third kappa shape index (κ3) is 4.28. The molecule has 0 fully saturated rings.